The fourth-order valence-corrected chi connectivity index (χ4v) is 1.49. The normalized spacial score (nSPS) is 11.8. The molecule has 2 rings (SSSR count). The number of H-pyrrole nitrogens is 1. The van der Waals surface area contributed by atoms with E-state index in [1.807, 2.05) is 0 Å². The van der Waals surface area contributed by atoms with Crippen molar-refractivity contribution in [2.24, 2.45) is 0 Å². The van der Waals surface area contributed by atoms with Gasteiger partial charge in [-0.15, -0.1) is 0 Å². The van der Waals surface area contributed by atoms with Gasteiger partial charge in [0.15, 0.2) is 0 Å². The SMILES string of the molecule is Cc1cc(F)cc(-c2ncc(C(F)(F)F)[nH]2)c1. The first-order chi connectivity index (χ1) is 7.86. The molecule has 1 heterocycles. The summed E-state index contributed by atoms with van der Waals surface area (Å²) in [6.07, 6.45) is -3.79. The number of hydrogen-bond donors (Lipinski definition) is 1. The molecule has 0 bridgehead atoms. The van der Waals surface area contributed by atoms with Crippen molar-refractivity contribution >= 4 is 0 Å². The van der Waals surface area contributed by atoms with Crippen LogP contribution >= 0.6 is 0 Å². The first-order valence-electron chi connectivity index (χ1n) is 4.76. The third-order valence-electron chi connectivity index (χ3n) is 2.20. The largest absolute Gasteiger partial charge is 0.432 e. The van der Waals surface area contributed by atoms with Crippen LogP contribution in [0.25, 0.3) is 11.4 Å². The second kappa shape index (κ2) is 3.87. The van der Waals surface area contributed by atoms with Gasteiger partial charge in [0, 0.05) is 5.56 Å². The molecule has 1 aromatic heterocycles. The first-order valence-corrected chi connectivity index (χ1v) is 4.76. The van der Waals surface area contributed by atoms with Crippen LogP contribution in [0.5, 0.6) is 0 Å². The molecule has 2 aromatic rings. The molecule has 0 aliphatic rings. The van der Waals surface area contributed by atoms with Crippen LogP contribution < -0.4 is 0 Å². The fourth-order valence-electron chi connectivity index (χ4n) is 1.49. The molecule has 0 amide bonds. The van der Waals surface area contributed by atoms with Crippen molar-refractivity contribution in [2.75, 3.05) is 0 Å². The number of aromatic nitrogens is 2. The van der Waals surface area contributed by atoms with Crippen LogP contribution in [-0.2, 0) is 6.18 Å². The molecule has 1 aromatic carbocycles. The van der Waals surface area contributed by atoms with E-state index in [4.69, 9.17) is 0 Å². The molecule has 1 N–H and O–H groups in total. The topological polar surface area (TPSA) is 28.7 Å². The minimum Gasteiger partial charge on any atom is -0.334 e. The summed E-state index contributed by atoms with van der Waals surface area (Å²) in [5, 5.41) is 0. The van der Waals surface area contributed by atoms with Gasteiger partial charge in [0.2, 0.25) is 0 Å². The van der Waals surface area contributed by atoms with E-state index in [1.54, 1.807) is 13.0 Å². The van der Waals surface area contributed by atoms with Crippen LogP contribution in [0.1, 0.15) is 11.3 Å². The number of alkyl halides is 3. The molecule has 0 atom stereocenters. The molecule has 0 spiro atoms. The number of imidazole rings is 1. The quantitative estimate of drug-likeness (QED) is 0.763. The molecule has 0 aliphatic heterocycles. The van der Waals surface area contributed by atoms with Crippen molar-refractivity contribution in [3.63, 3.8) is 0 Å². The van der Waals surface area contributed by atoms with Gasteiger partial charge >= 0.3 is 6.18 Å². The summed E-state index contributed by atoms with van der Waals surface area (Å²) in [6.45, 7) is 1.65. The third kappa shape index (κ3) is 2.46. The zero-order valence-electron chi connectivity index (χ0n) is 8.77. The standard InChI is InChI=1S/C11H8F4N2/c1-6-2-7(4-8(12)3-6)10-16-5-9(17-10)11(13,14)15/h2-5H,1H3,(H,16,17). The predicted molar refractivity (Wildman–Crippen MR) is 53.7 cm³/mol. The van der Waals surface area contributed by atoms with E-state index in [-0.39, 0.29) is 11.4 Å². The van der Waals surface area contributed by atoms with E-state index in [9.17, 15) is 17.6 Å². The smallest absolute Gasteiger partial charge is 0.334 e. The van der Waals surface area contributed by atoms with Crippen LogP contribution in [0.2, 0.25) is 0 Å². The summed E-state index contributed by atoms with van der Waals surface area (Å²) in [6, 6.07) is 3.98. The Bertz CT molecular complexity index is 522. The average molecular weight is 244 g/mol. The van der Waals surface area contributed by atoms with Crippen LogP contribution in [0, 0.1) is 12.7 Å². The zero-order chi connectivity index (χ0) is 12.6. The van der Waals surface area contributed by atoms with E-state index in [2.05, 4.69) is 9.97 Å². The van der Waals surface area contributed by atoms with Gasteiger partial charge in [-0.2, -0.15) is 13.2 Å². The molecular formula is C11H8F4N2. The Morgan fingerprint density at radius 2 is 1.88 bits per heavy atom. The number of nitrogens with zero attached hydrogens (tertiary/aromatic N) is 1. The molecular weight excluding hydrogens is 236 g/mol. The summed E-state index contributed by atoms with van der Waals surface area (Å²) < 4.78 is 50.1. The highest BCUT2D eigenvalue weighted by Gasteiger charge is 2.33. The Balaban J connectivity index is 2.44. The summed E-state index contributed by atoms with van der Waals surface area (Å²) in [5.41, 5.74) is -0.0441. The Morgan fingerprint density at radius 3 is 2.41 bits per heavy atom. The van der Waals surface area contributed by atoms with Crippen LogP contribution in [-0.4, -0.2) is 9.97 Å². The lowest BCUT2D eigenvalue weighted by Crippen LogP contribution is -2.04. The molecule has 0 saturated carbocycles. The highest BCUT2D eigenvalue weighted by atomic mass is 19.4. The van der Waals surface area contributed by atoms with Gasteiger partial charge in [0.25, 0.3) is 0 Å². The van der Waals surface area contributed by atoms with Gasteiger partial charge in [0.05, 0.1) is 6.20 Å². The second-order valence-electron chi connectivity index (χ2n) is 3.66. The molecule has 0 saturated heterocycles. The van der Waals surface area contributed by atoms with Crippen molar-refractivity contribution in [2.45, 2.75) is 13.1 Å². The Kier molecular flexibility index (Phi) is 2.65. The van der Waals surface area contributed by atoms with Gasteiger partial charge in [-0.1, -0.05) is 0 Å². The zero-order valence-corrected chi connectivity index (χ0v) is 8.77. The first kappa shape index (κ1) is 11.6. The lowest BCUT2D eigenvalue weighted by molar-refractivity contribution is -0.140. The van der Waals surface area contributed by atoms with Crippen LogP contribution in [0.15, 0.2) is 24.4 Å². The van der Waals surface area contributed by atoms with Crippen LogP contribution in [0.3, 0.4) is 0 Å². The van der Waals surface area contributed by atoms with Gasteiger partial charge in [0.1, 0.15) is 17.3 Å². The van der Waals surface area contributed by atoms with Gasteiger partial charge in [-0.3, -0.25) is 0 Å². The predicted octanol–water partition coefficient (Wildman–Crippen LogP) is 3.54. The Morgan fingerprint density at radius 1 is 1.18 bits per heavy atom. The number of hydrogen-bond acceptors (Lipinski definition) is 1. The van der Waals surface area contributed by atoms with E-state index in [0.717, 1.165) is 6.07 Å². The van der Waals surface area contributed by atoms with Gasteiger partial charge in [-0.25, -0.2) is 9.37 Å². The highest BCUT2D eigenvalue weighted by molar-refractivity contribution is 5.56. The minimum atomic E-state index is -4.48. The number of aromatic amines is 1. The molecule has 0 unspecified atom stereocenters. The number of benzene rings is 1. The van der Waals surface area contributed by atoms with Crippen molar-refractivity contribution in [1.82, 2.24) is 9.97 Å². The Hall–Kier alpha value is -1.85. The average Bonchev–Trinajstić information content (AvgIpc) is 2.63. The maximum absolute atomic E-state index is 13.1. The van der Waals surface area contributed by atoms with E-state index in [0.29, 0.717) is 11.8 Å². The summed E-state index contributed by atoms with van der Waals surface area (Å²) in [5.74, 6) is -0.509. The summed E-state index contributed by atoms with van der Waals surface area (Å²) >= 11 is 0. The van der Waals surface area contributed by atoms with Crippen molar-refractivity contribution in [3.8, 4) is 11.4 Å². The number of aryl methyl sites for hydroxylation is 1. The molecule has 0 radical (unpaired) electrons. The van der Waals surface area contributed by atoms with E-state index >= 15 is 0 Å². The van der Waals surface area contributed by atoms with E-state index < -0.39 is 17.7 Å². The highest BCUT2D eigenvalue weighted by Crippen LogP contribution is 2.29. The van der Waals surface area contributed by atoms with Gasteiger partial charge in [-0.05, 0) is 30.7 Å². The molecule has 2 nitrogen and oxygen atoms in total. The van der Waals surface area contributed by atoms with Gasteiger partial charge < -0.3 is 4.98 Å². The lowest BCUT2D eigenvalue weighted by atomic mass is 10.1. The summed E-state index contributed by atoms with van der Waals surface area (Å²) in [7, 11) is 0. The third-order valence-corrected chi connectivity index (χ3v) is 2.20. The van der Waals surface area contributed by atoms with Crippen molar-refractivity contribution < 1.29 is 17.6 Å². The number of nitrogens with one attached hydrogen (secondary N) is 1. The number of rotatable bonds is 1. The molecule has 6 heteroatoms. The molecule has 90 valence electrons. The monoisotopic (exact) mass is 244 g/mol. The Labute approximate surface area is 94.3 Å². The molecule has 17 heavy (non-hydrogen) atoms. The second-order valence-corrected chi connectivity index (χ2v) is 3.66. The minimum absolute atomic E-state index is 0.0000694. The number of halogens is 4. The maximum atomic E-state index is 13.1. The lowest BCUT2D eigenvalue weighted by Gasteiger charge is -2.02. The van der Waals surface area contributed by atoms with E-state index in [1.165, 1.54) is 6.07 Å². The molecule has 0 aliphatic carbocycles. The van der Waals surface area contributed by atoms with Crippen molar-refractivity contribution in [3.05, 3.63) is 41.5 Å². The summed E-state index contributed by atoms with van der Waals surface area (Å²) in [4.78, 5) is 5.71. The van der Waals surface area contributed by atoms with Crippen LogP contribution in [0.4, 0.5) is 17.6 Å². The fraction of sp³-hybridized carbons (Fsp3) is 0.182. The van der Waals surface area contributed by atoms with Crippen molar-refractivity contribution in [1.29, 1.82) is 0 Å². The maximum Gasteiger partial charge on any atom is 0.432 e. The molecule has 0 fully saturated rings.